The first-order valence-electron chi connectivity index (χ1n) is 4.80. The van der Waals surface area contributed by atoms with Crippen molar-refractivity contribution in [3.05, 3.63) is 29.3 Å². The molecule has 1 aromatic carbocycles. The molecule has 4 nitrogen and oxygen atoms in total. The first-order chi connectivity index (χ1) is 8.25. The van der Waals surface area contributed by atoms with Crippen molar-refractivity contribution < 1.29 is 23.1 Å². The number of carboxylic acids is 1. The van der Waals surface area contributed by atoms with Crippen molar-refractivity contribution in [1.82, 2.24) is 0 Å². The number of hydrogen-bond donors (Lipinski definition) is 1. The highest BCUT2D eigenvalue weighted by Crippen LogP contribution is 2.36. The molecule has 1 rings (SSSR count). The lowest BCUT2D eigenvalue weighted by molar-refractivity contribution is -0.138. The molecule has 96 valence electrons. The number of hydrogen-bond acceptors (Lipinski definition) is 3. The topological polar surface area (TPSA) is 64.3 Å². The summed E-state index contributed by atoms with van der Waals surface area (Å²) >= 11 is 0. The summed E-state index contributed by atoms with van der Waals surface area (Å²) in [5, 5.41) is 17.1. The first-order valence-corrected chi connectivity index (χ1v) is 4.80. The number of nitriles is 1. The van der Waals surface area contributed by atoms with Gasteiger partial charge in [-0.2, -0.15) is 18.4 Å². The lowest BCUT2D eigenvalue weighted by Crippen LogP contribution is -2.27. The van der Waals surface area contributed by atoms with Gasteiger partial charge in [-0.3, -0.25) is 4.79 Å². The summed E-state index contributed by atoms with van der Waals surface area (Å²) in [6, 6.07) is 4.61. The molecule has 0 spiro atoms. The lowest BCUT2D eigenvalue weighted by atomic mass is 10.1. The van der Waals surface area contributed by atoms with Gasteiger partial charge in [-0.05, 0) is 18.2 Å². The van der Waals surface area contributed by atoms with Gasteiger partial charge in [0.05, 0.1) is 17.2 Å². The second kappa shape index (κ2) is 4.96. The third kappa shape index (κ3) is 3.13. The Hall–Kier alpha value is -2.23. The van der Waals surface area contributed by atoms with Gasteiger partial charge in [0.25, 0.3) is 0 Å². The van der Waals surface area contributed by atoms with Gasteiger partial charge in [-0.15, -0.1) is 0 Å². The van der Waals surface area contributed by atoms with Gasteiger partial charge in [0, 0.05) is 12.7 Å². The minimum atomic E-state index is -4.64. The van der Waals surface area contributed by atoms with E-state index in [1.165, 1.54) is 13.1 Å². The molecule has 0 saturated carbocycles. The van der Waals surface area contributed by atoms with Crippen LogP contribution in [0.2, 0.25) is 0 Å². The molecule has 0 aliphatic heterocycles. The van der Waals surface area contributed by atoms with Gasteiger partial charge in [-0.25, -0.2) is 0 Å². The third-order valence-corrected chi connectivity index (χ3v) is 2.21. The molecule has 0 amide bonds. The maximum absolute atomic E-state index is 12.8. The minimum absolute atomic E-state index is 0.130. The Bertz CT molecular complexity index is 506. The molecule has 0 fully saturated rings. The average Bonchev–Trinajstić information content (AvgIpc) is 2.26. The number of nitrogens with zero attached hydrogens (tertiary/aromatic N) is 2. The van der Waals surface area contributed by atoms with Gasteiger partial charge in [0.2, 0.25) is 0 Å². The summed E-state index contributed by atoms with van der Waals surface area (Å²) in [4.78, 5) is 11.5. The van der Waals surface area contributed by atoms with Crippen LogP contribution in [0.3, 0.4) is 0 Å². The Kier molecular flexibility index (Phi) is 3.81. The fourth-order valence-corrected chi connectivity index (χ4v) is 1.45. The van der Waals surface area contributed by atoms with Crippen LogP contribution in [-0.4, -0.2) is 24.7 Å². The molecule has 7 heteroatoms. The molecule has 1 aromatic rings. The van der Waals surface area contributed by atoms with Crippen LogP contribution in [0, 0.1) is 11.3 Å². The summed E-state index contributed by atoms with van der Waals surface area (Å²) in [7, 11) is 1.24. The van der Waals surface area contributed by atoms with E-state index in [9.17, 15) is 18.0 Å². The number of rotatable bonds is 3. The first kappa shape index (κ1) is 13.8. The highest BCUT2D eigenvalue weighted by atomic mass is 19.4. The van der Waals surface area contributed by atoms with E-state index in [1.807, 2.05) is 0 Å². The van der Waals surface area contributed by atoms with Crippen molar-refractivity contribution in [2.75, 3.05) is 18.5 Å². The number of carboxylic acid groups (broad SMARTS) is 1. The van der Waals surface area contributed by atoms with Crippen LogP contribution in [-0.2, 0) is 11.0 Å². The number of benzene rings is 1. The van der Waals surface area contributed by atoms with Gasteiger partial charge < -0.3 is 10.0 Å². The zero-order valence-electron chi connectivity index (χ0n) is 9.32. The average molecular weight is 258 g/mol. The second-order valence-corrected chi connectivity index (χ2v) is 3.59. The fraction of sp³-hybridized carbons (Fsp3) is 0.273. The van der Waals surface area contributed by atoms with Crippen molar-refractivity contribution in [1.29, 1.82) is 5.26 Å². The molecule has 0 unspecified atom stereocenters. The Labute approximate surface area is 101 Å². The minimum Gasteiger partial charge on any atom is -0.480 e. The van der Waals surface area contributed by atoms with Crippen molar-refractivity contribution >= 4 is 11.7 Å². The Balaban J connectivity index is 3.27. The summed E-state index contributed by atoms with van der Waals surface area (Å²) < 4.78 is 38.3. The van der Waals surface area contributed by atoms with Crippen molar-refractivity contribution in [3.8, 4) is 6.07 Å². The molecule has 0 heterocycles. The number of anilines is 1. The molecule has 0 atom stereocenters. The molecule has 0 saturated heterocycles. The largest absolute Gasteiger partial charge is 0.480 e. The number of aliphatic carboxylic acids is 1. The zero-order chi connectivity index (χ0) is 13.9. The monoisotopic (exact) mass is 258 g/mol. The van der Waals surface area contributed by atoms with Gasteiger partial charge >= 0.3 is 12.1 Å². The molecular weight excluding hydrogens is 249 g/mol. The standard InChI is InChI=1S/C11H9F3N2O2/c1-16(6-10(17)18)9-3-2-7(5-15)4-8(9)11(12,13)14/h2-4H,6H2,1H3,(H,17,18). The Morgan fingerprint density at radius 2 is 2.11 bits per heavy atom. The van der Waals surface area contributed by atoms with E-state index in [1.54, 1.807) is 6.07 Å². The van der Waals surface area contributed by atoms with Crippen molar-refractivity contribution in [3.63, 3.8) is 0 Å². The molecular formula is C11H9F3N2O2. The summed E-state index contributed by atoms with van der Waals surface area (Å²) in [5.74, 6) is -1.24. The van der Waals surface area contributed by atoms with Gasteiger partial charge in [-0.1, -0.05) is 0 Å². The van der Waals surface area contributed by atoms with E-state index in [4.69, 9.17) is 10.4 Å². The molecule has 0 radical (unpaired) electrons. The zero-order valence-corrected chi connectivity index (χ0v) is 9.32. The molecule has 0 aliphatic rings. The number of carbonyl (C=O) groups is 1. The Morgan fingerprint density at radius 1 is 1.50 bits per heavy atom. The van der Waals surface area contributed by atoms with Crippen LogP contribution in [0.15, 0.2) is 18.2 Å². The SMILES string of the molecule is CN(CC(=O)O)c1ccc(C#N)cc1C(F)(F)F. The second-order valence-electron chi connectivity index (χ2n) is 3.59. The van der Waals surface area contributed by atoms with Crippen LogP contribution in [0.1, 0.15) is 11.1 Å². The summed E-state index contributed by atoms with van der Waals surface area (Å²) in [6.07, 6.45) is -4.64. The maximum atomic E-state index is 12.8. The summed E-state index contributed by atoms with van der Waals surface area (Å²) in [6.45, 7) is -0.561. The lowest BCUT2D eigenvalue weighted by Gasteiger charge is -2.21. The number of alkyl halides is 3. The fourth-order valence-electron chi connectivity index (χ4n) is 1.45. The van der Waals surface area contributed by atoms with Gasteiger partial charge in [0.1, 0.15) is 6.54 Å². The van der Waals surface area contributed by atoms with Gasteiger partial charge in [0.15, 0.2) is 0 Å². The van der Waals surface area contributed by atoms with Crippen LogP contribution in [0.25, 0.3) is 0 Å². The smallest absolute Gasteiger partial charge is 0.418 e. The van der Waals surface area contributed by atoms with E-state index >= 15 is 0 Å². The van der Waals surface area contributed by atoms with E-state index in [2.05, 4.69) is 0 Å². The van der Waals surface area contributed by atoms with E-state index in [0.717, 1.165) is 11.0 Å². The summed E-state index contributed by atoms with van der Waals surface area (Å²) in [5.41, 5.74) is -1.43. The van der Waals surface area contributed by atoms with Crippen LogP contribution in [0.5, 0.6) is 0 Å². The number of likely N-dealkylation sites (N-methyl/N-ethyl adjacent to an activating group) is 1. The van der Waals surface area contributed by atoms with Crippen LogP contribution < -0.4 is 4.90 Å². The molecule has 0 bridgehead atoms. The predicted octanol–water partition coefficient (Wildman–Crippen LogP) is 2.10. The molecule has 18 heavy (non-hydrogen) atoms. The Morgan fingerprint density at radius 3 is 2.56 bits per heavy atom. The quantitative estimate of drug-likeness (QED) is 0.901. The van der Waals surface area contributed by atoms with Crippen molar-refractivity contribution in [2.45, 2.75) is 6.18 Å². The highest BCUT2D eigenvalue weighted by molar-refractivity contribution is 5.74. The predicted molar refractivity (Wildman–Crippen MR) is 57.1 cm³/mol. The molecule has 0 aliphatic carbocycles. The normalized spacial score (nSPS) is 10.8. The third-order valence-electron chi connectivity index (χ3n) is 2.21. The van der Waals surface area contributed by atoms with E-state index < -0.39 is 24.3 Å². The highest BCUT2D eigenvalue weighted by Gasteiger charge is 2.35. The maximum Gasteiger partial charge on any atom is 0.418 e. The van der Waals surface area contributed by atoms with E-state index in [-0.39, 0.29) is 11.3 Å². The van der Waals surface area contributed by atoms with Crippen LogP contribution in [0.4, 0.5) is 18.9 Å². The molecule has 1 N–H and O–H groups in total. The van der Waals surface area contributed by atoms with Crippen molar-refractivity contribution in [2.24, 2.45) is 0 Å². The number of halogens is 3. The van der Waals surface area contributed by atoms with E-state index in [0.29, 0.717) is 6.07 Å². The molecule has 0 aromatic heterocycles. The van der Waals surface area contributed by atoms with Crippen LogP contribution >= 0.6 is 0 Å².